The van der Waals surface area contributed by atoms with E-state index in [1.165, 1.54) is 0 Å². The molecule has 21 heavy (non-hydrogen) atoms. The lowest BCUT2D eigenvalue weighted by Gasteiger charge is -2.42. The number of carboxylic acid groups (broad SMARTS) is 1. The van der Waals surface area contributed by atoms with Crippen LogP contribution in [-0.2, 0) is 4.79 Å². The van der Waals surface area contributed by atoms with Gasteiger partial charge in [0.1, 0.15) is 0 Å². The van der Waals surface area contributed by atoms with Crippen LogP contribution in [-0.4, -0.2) is 30.3 Å². The van der Waals surface area contributed by atoms with Crippen LogP contribution in [0.25, 0.3) is 0 Å². The zero-order valence-corrected chi connectivity index (χ0v) is 12.8. The minimum absolute atomic E-state index is 0.0394. The molecular weight excluding hydrogens is 283 g/mol. The van der Waals surface area contributed by atoms with Crippen molar-refractivity contribution in [3.05, 3.63) is 0 Å². The largest absolute Gasteiger partial charge is 0.481 e. The van der Waals surface area contributed by atoms with Crippen LogP contribution < -0.4 is 5.32 Å². The van der Waals surface area contributed by atoms with E-state index in [4.69, 9.17) is 5.11 Å². The van der Waals surface area contributed by atoms with Gasteiger partial charge in [-0.2, -0.15) is 13.2 Å². The molecule has 0 saturated heterocycles. The first kappa shape index (κ1) is 18.3. The summed E-state index contributed by atoms with van der Waals surface area (Å²) in [5, 5.41) is 12.2. The van der Waals surface area contributed by atoms with Crippen LogP contribution in [0.15, 0.2) is 0 Å². The Morgan fingerprint density at radius 2 is 1.86 bits per heavy atom. The number of carbonyl (C=O) groups is 1. The molecule has 124 valence electrons. The van der Waals surface area contributed by atoms with Crippen molar-refractivity contribution in [2.45, 2.75) is 58.5 Å². The molecule has 1 aliphatic rings. The molecule has 0 aromatic carbocycles. The van der Waals surface area contributed by atoms with E-state index in [0.717, 1.165) is 19.3 Å². The Labute approximate surface area is 124 Å². The predicted molar refractivity (Wildman–Crippen MR) is 75.0 cm³/mol. The molecule has 0 amide bonds. The lowest BCUT2D eigenvalue weighted by Crippen LogP contribution is -2.42. The van der Waals surface area contributed by atoms with Crippen LogP contribution in [0.3, 0.4) is 0 Å². The monoisotopic (exact) mass is 309 g/mol. The Morgan fingerprint density at radius 3 is 2.33 bits per heavy atom. The smallest absolute Gasteiger partial charge is 0.389 e. The van der Waals surface area contributed by atoms with Crippen LogP contribution in [0, 0.1) is 17.3 Å². The Kier molecular flexibility index (Phi) is 6.50. The van der Waals surface area contributed by atoms with Gasteiger partial charge in [0.05, 0.1) is 6.42 Å². The highest BCUT2D eigenvalue weighted by molar-refractivity contribution is 5.67. The number of nitrogens with one attached hydrogen (secondary N) is 1. The molecule has 0 aromatic rings. The van der Waals surface area contributed by atoms with Crippen molar-refractivity contribution in [1.29, 1.82) is 0 Å². The topological polar surface area (TPSA) is 49.3 Å². The van der Waals surface area contributed by atoms with E-state index in [0.29, 0.717) is 18.4 Å². The zero-order chi connectivity index (χ0) is 16.1. The first-order chi connectivity index (χ1) is 9.62. The van der Waals surface area contributed by atoms with E-state index >= 15 is 0 Å². The summed E-state index contributed by atoms with van der Waals surface area (Å²) >= 11 is 0. The van der Waals surface area contributed by atoms with Gasteiger partial charge in [-0.1, -0.05) is 13.8 Å². The molecule has 0 heterocycles. The van der Waals surface area contributed by atoms with Crippen molar-refractivity contribution in [3.63, 3.8) is 0 Å². The number of halogens is 3. The summed E-state index contributed by atoms with van der Waals surface area (Å²) < 4.78 is 36.2. The molecule has 0 bridgehead atoms. The maximum absolute atomic E-state index is 12.1. The normalized spacial score (nSPS) is 30.3. The van der Waals surface area contributed by atoms with Gasteiger partial charge in [0.25, 0.3) is 0 Å². The maximum Gasteiger partial charge on any atom is 0.389 e. The van der Waals surface area contributed by atoms with E-state index < -0.39 is 18.6 Å². The third-order valence-electron chi connectivity index (χ3n) is 4.21. The lowest BCUT2D eigenvalue weighted by molar-refractivity contribution is -0.140. The molecule has 1 aliphatic carbocycles. The van der Waals surface area contributed by atoms with E-state index in [9.17, 15) is 18.0 Å². The molecule has 0 spiro atoms. The molecule has 0 aliphatic heterocycles. The maximum atomic E-state index is 12.1. The second kappa shape index (κ2) is 7.47. The van der Waals surface area contributed by atoms with Gasteiger partial charge in [-0.05, 0) is 49.5 Å². The Morgan fingerprint density at radius 1 is 1.29 bits per heavy atom. The van der Waals surface area contributed by atoms with E-state index in [2.05, 4.69) is 19.2 Å². The van der Waals surface area contributed by atoms with Crippen molar-refractivity contribution in [3.8, 4) is 0 Å². The number of hydrogen-bond donors (Lipinski definition) is 2. The second-order valence-electron chi connectivity index (χ2n) is 6.82. The number of aliphatic carboxylic acids is 1. The highest BCUT2D eigenvalue weighted by Gasteiger charge is 2.39. The summed E-state index contributed by atoms with van der Waals surface area (Å²) in [6.45, 7) is 5.02. The molecule has 1 unspecified atom stereocenters. The SMILES string of the molecule is C[C@@H]1C[C@H](C)CC(CNCCCC(F)(F)F)(CC(=O)O)C1. The zero-order valence-electron chi connectivity index (χ0n) is 12.8. The number of carboxylic acids is 1. The highest BCUT2D eigenvalue weighted by atomic mass is 19.4. The average Bonchev–Trinajstić information content (AvgIpc) is 2.23. The Bertz CT molecular complexity index is 334. The fraction of sp³-hybridized carbons (Fsp3) is 0.933. The number of hydrogen-bond acceptors (Lipinski definition) is 2. The third-order valence-corrected chi connectivity index (χ3v) is 4.21. The molecule has 3 atom stereocenters. The minimum atomic E-state index is -4.12. The molecule has 2 N–H and O–H groups in total. The Balaban J connectivity index is 2.48. The third kappa shape index (κ3) is 7.16. The van der Waals surface area contributed by atoms with Gasteiger partial charge in [0, 0.05) is 13.0 Å². The molecular formula is C15H26F3NO2. The number of alkyl halides is 3. The molecule has 1 saturated carbocycles. The summed E-state index contributed by atoms with van der Waals surface area (Å²) in [6, 6.07) is 0. The summed E-state index contributed by atoms with van der Waals surface area (Å²) in [7, 11) is 0. The molecule has 1 rings (SSSR count). The second-order valence-corrected chi connectivity index (χ2v) is 6.82. The molecule has 0 radical (unpaired) electrons. The highest BCUT2D eigenvalue weighted by Crippen LogP contribution is 2.44. The van der Waals surface area contributed by atoms with E-state index in [-0.39, 0.29) is 24.8 Å². The quantitative estimate of drug-likeness (QED) is 0.703. The molecule has 3 nitrogen and oxygen atoms in total. The Hall–Kier alpha value is -0.780. The molecule has 1 fully saturated rings. The van der Waals surface area contributed by atoms with Crippen molar-refractivity contribution in [1.82, 2.24) is 5.32 Å². The summed E-state index contributed by atoms with van der Waals surface area (Å²) in [6.07, 6.45) is -2.03. The fourth-order valence-corrected chi connectivity index (χ4v) is 3.85. The van der Waals surface area contributed by atoms with Crippen LogP contribution in [0.4, 0.5) is 13.2 Å². The number of rotatable bonds is 7. The molecule has 0 aromatic heterocycles. The fourth-order valence-electron chi connectivity index (χ4n) is 3.85. The summed E-state index contributed by atoms with van der Waals surface area (Å²) in [5.74, 6) is 0.101. The van der Waals surface area contributed by atoms with E-state index in [1.807, 2.05) is 0 Å². The molecule has 6 heteroatoms. The van der Waals surface area contributed by atoms with Gasteiger partial charge in [-0.25, -0.2) is 0 Å². The van der Waals surface area contributed by atoms with Crippen LogP contribution >= 0.6 is 0 Å². The van der Waals surface area contributed by atoms with Crippen molar-refractivity contribution >= 4 is 5.97 Å². The standard InChI is InChI=1S/C15H26F3NO2/c1-11-6-12(2)8-14(7-11,9-13(20)21)10-19-5-3-4-15(16,17)18/h11-12,19H,3-10H2,1-2H3,(H,20,21)/t11-,12+,14?. The van der Waals surface area contributed by atoms with Crippen LogP contribution in [0.2, 0.25) is 0 Å². The van der Waals surface area contributed by atoms with Gasteiger partial charge in [0.15, 0.2) is 0 Å². The van der Waals surface area contributed by atoms with Gasteiger partial charge in [-0.3, -0.25) is 4.79 Å². The summed E-state index contributed by atoms with van der Waals surface area (Å²) in [5.41, 5.74) is -0.318. The van der Waals surface area contributed by atoms with Crippen molar-refractivity contribution in [2.75, 3.05) is 13.1 Å². The average molecular weight is 309 g/mol. The van der Waals surface area contributed by atoms with E-state index in [1.54, 1.807) is 0 Å². The van der Waals surface area contributed by atoms with Crippen molar-refractivity contribution < 1.29 is 23.1 Å². The van der Waals surface area contributed by atoms with Crippen molar-refractivity contribution in [2.24, 2.45) is 17.3 Å². The first-order valence-electron chi connectivity index (χ1n) is 7.61. The lowest BCUT2D eigenvalue weighted by atomic mass is 9.64. The van der Waals surface area contributed by atoms with Gasteiger partial charge in [0.2, 0.25) is 0 Å². The van der Waals surface area contributed by atoms with Gasteiger partial charge < -0.3 is 10.4 Å². The van der Waals surface area contributed by atoms with Crippen LogP contribution in [0.5, 0.6) is 0 Å². The van der Waals surface area contributed by atoms with Gasteiger partial charge in [-0.15, -0.1) is 0 Å². The summed E-state index contributed by atoms with van der Waals surface area (Å²) in [4.78, 5) is 11.1. The minimum Gasteiger partial charge on any atom is -0.481 e. The van der Waals surface area contributed by atoms with Gasteiger partial charge >= 0.3 is 12.1 Å². The predicted octanol–water partition coefficient (Wildman–Crippen LogP) is 3.84. The van der Waals surface area contributed by atoms with Crippen LogP contribution in [0.1, 0.15) is 52.4 Å². The first-order valence-corrected chi connectivity index (χ1v) is 7.61.